The van der Waals surface area contributed by atoms with Gasteiger partial charge in [-0.15, -0.1) is 0 Å². The molecular formula is C28H23FN4O3. The number of nitrogens with zero attached hydrogens (tertiary/aromatic N) is 3. The molecule has 2 heterocycles. The first-order chi connectivity index (χ1) is 17.5. The topological polar surface area (TPSA) is 81.3 Å². The minimum atomic E-state index is -0.937. The molecule has 0 spiro atoms. The molecule has 0 saturated heterocycles. The number of pyridine rings is 1. The van der Waals surface area contributed by atoms with Crippen LogP contribution in [-0.4, -0.2) is 25.5 Å². The number of aliphatic hydroxyl groups is 1. The van der Waals surface area contributed by atoms with Gasteiger partial charge in [-0.25, -0.2) is 9.18 Å². The highest BCUT2D eigenvalue weighted by molar-refractivity contribution is 5.79. The van der Waals surface area contributed by atoms with Crippen molar-refractivity contribution in [2.45, 2.75) is 12.8 Å². The van der Waals surface area contributed by atoms with Crippen molar-refractivity contribution in [1.82, 2.24) is 14.1 Å². The Balaban J connectivity index is 1.54. The summed E-state index contributed by atoms with van der Waals surface area (Å²) < 4.78 is 23.6. The maximum atomic E-state index is 15.0. The fourth-order valence-electron chi connectivity index (χ4n) is 3.99. The molecule has 5 aromatic rings. The molecular weight excluding hydrogens is 459 g/mol. The summed E-state index contributed by atoms with van der Waals surface area (Å²) in [5, 5.41) is 12.7. The Kier molecular flexibility index (Phi) is 6.34. The van der Waals surface area contributed by atoms with Crippen molar-refractivity contribution in [2.75, 3.05) is 5.32 Å². The van der Waals surface area contributed by atoms with Crippen LogP contribution >= 0.6 is 0 Å². The van der Waals surface area contributed by atoms with Crippen molar-refractivity contribution in [3.8, 4) is 17.1 Å². The lowest BCUT2D eigenvalue weighted by atomic mass is 10.2. The third-order valence-corrected chi connectivity index (χ3v) is 5.70. The molecule has 2 N–H and O–H groups in total. The van der Waals surface area contributed by atoms with Gasteiger partial charge in [0.2, 0.25) is 0 Å². The van der Waals surface area contributed by atoms with E-state index in [1.165, 1.54) is 27.3 Å². The van der Waals surface area contributed by atoms with E-state index in [4.69, 9.17) is 4.74 Å². The number of rotatable bonds is 8. The summed E-state index contributed by atoms with van der Waals surface area (Å²) in [7, 11) is 0. The minimum Gasteiger partial charge on any atom is -0.486 e. The normalized spacial score (nSPS) is 11.8. The lowest BCUT2D eigenvalue weighted by Gasteiger charge is -2.11. The van der Waals surface area contributed by atoms with Crippen molar-refractivity contribution in [2.24, 2.45) is 0 Å². The summed E-state index contributed by atoms with van der Waals surface area (Å²) >= 11 is 0. The molecule has 3 aromatic carbocycles. The van der Waals surface area contributed by atoms with Crippen LogP contribution in [0.5, 0.6) is 5.75 Å². The van der Waals surface area contributed by atoms with Crippen LogP contribution in [0.3, 0.4) is 0 Å². The molecule has 0 saturated carbocycles. The van der Waals surface area contributed by atoms with Crippen LogP contribution in [0.25, 0.3) is 22.4 Å². The average Bonchev–Trinajstić information content (AvgIpc) is 3.20. The molecule has 0 amide bonds. The standard InChI is InChI=1S/C28H23FN4O3/c1-2-27(34)31-20-9-6-10-21(15-20)32-24-13-14-30-17-25(24)33(28(32)35)22-11-12-26(23(29)16-22)36-18-19-7-4-3-5-8-19/h2-17,27,31,34H,1,18H2. The third-order valence-electron chi connectivity index (χ3n) is 5.70. The van der Waals surface area contributed by atoms with E-state index in [2.05, 4.69) is 16.9 Å². The zero-order valence-corrected chi connectivity index (χ0v) is 19.2. The van der Waals surface area contributed by atoms with E-state index >= 15 is 4.39 Å². The van der Waals surface area contributed by atoms with Crippen LogP contribution in [-0.2, 0) is 6.61 Å². The van der Waals surface area contributed by atoms with Gasteiger partial charge in [-0.05, 0) is 48.0 Å². The van der Waals surface area contributed by atoms with Crippen LogP contribution in [0.2, 0.25) is 0 Å². The molecule has 8 heteroatoms. The Bertz CT molecular complexity index is 1590. The van der Waals surface area contributed by atoms with E-state index in [1.54, 1.807) is 48.8 Å². The van der Waals surface area contributed by atoms with Crippen LogP contribution in [0, 0.1) is 5.82 Å². The van der Waals surface area contributed by atoms with Crippen LogP contribution < -0.4 is 15.7 Å². The molecule has 0 fully saturated rings. The first kappa shape index (κ1) is 23.1. The largest absolute Gasteiger partial charge is 0.486 e. The van der Waals surface area contributed by atoms with Gasteiger partial charge >= 0.3 is 5.69 Å². The second-order valence-electron chi connectivity index (χ2n) is 8.08. The first-order valence-electron chi connectivity index (χ1n) is 11.3. The Morgan fingerprint density at radius 2 is 1.78 bits per heavy atom. The number of anilines is 1. The Hall–Kier alpha value is -4.69. The number of hydrogen-bond acceptors (Lipinski definition) is 5. The zero-order chi connectivity index (χ0) is 25.1. The van der Waals surface area contributed by atoms with Gasteiger partial charge in [-0.1, -0.05) is 43.0 Å². The van der Waals surface area contributed by atoms with E-state index in [9.17, 15) is 9.90 Å². The number of halogens is 1. The van der Waals surface area contributed by atoms with Gasteiger partial charge in [-0.2, -0.15) is 0 Å². The maximum Gasteiger partial charge on any atom is 0.338 e. The van der Waals surface area contributed by atoms with E-state index < -0.39 is 17.7 Å². The molecule has 0 radical (unpaired) electrons. The van der Waals surface area contributed by atoms with Crippen LogP contribution in [0.4, 0.5) is 10.1 Å². The summed E-state index contributed by atoms with van der Waals surface area (Å²) in [5.74, 6) is -0.484. The van der Waals surface area contributed by atoms with Crippen LogP contribution in [0.15, 0.2) is 109 Å². The zero-order valence-electron chi connectivity index (χ0n) is 19.2. The molecule has 36 heavy (non-hydrogen) atoms. The van der Waals surface area contributed by atoms with Crippen molar-refractivity contribution >= 4 is 16.7 Å². The maximum absolute atomic E-state index is 15.0. The third kappa shape index (κ3) is 4.49. The Morgan fingerprint density at radius 3 is 2.56 bits per heavy atom. The SMILES string of the molecule is C=CC(O)Nc1cccc(-n2c(=O)n(-c3ccc(OCc4ccccc4)c(F)c3)c3cnccc32)c1. The first-order valence-corrected chi connectivity index (χ1v) is 11.3. The second-order valence-corrected chi connectivity index (χ2v) is 8.08. The monoisotopic (exact) mass is 482 g/mol. The molecule has 0 bridgehead atoms. The predicted molar refractivity (Wildman–Crippen MR) is 137 cm³/mol. The van der Waals surface area contributed by atoms with Crippen molar-refractivity contribution in [3.05, 3.63) is 126 Å². The van der Waals surface area contributed by atoms with Gasteiger partial charge in [0.1, 0.15) is 12.8 Å². The number of aromatic nitrogens is 3. The van der Waals surface area contributed by atoms with Crippen molar-refractivity contribution in [1.29, 1.82) is 0 Å². The molecule has 180 valence electrons. The summed E-state index contributed by atoms with van der Waals surface area (Å²) in [6.45, 7) is 3.78. The summed E-state index contributed by atoms with van der Waals surface area (Å²) in [5.41, 5.74) is 3.16. The quantitative estimate of drug-likeness (QED) is 0.245. The Labute approximate surface area is 206 Å². The highest BCUT2D eigenvalue weighted by atomic mass is 19.1. The number of hydrogen-bond donors (Lipinski definition) is 2. The molecule has 5 rings (SSSR count). The van der Waals surface area contributed by atoms with E-state index in [1.807, 2.05) is 30.3 Å². The van der Waals surface area contributed by atoms with Gasteiger partial charge in [0.25, 0.3) is 0 Å². The summed E-state index contributed by atoms with van der Waals surface area (Å²) in [6, 6.07) is 22.7. The molecule has 1 unspecified atom stereocenters. The number of benzene rings is 3. The van der Waals surface area contributed by atoms with Gasteiger partial charge < -0.3 is 15.2 Å². The van der Waals surface area contributed by atoms with Gasteiger partial charge in [0.05, 0.1) is 28.6 Å². The number of imidazole rings is 1. The summed E-state index contributed by atoms with van der Waals surface area (Å²) in [6.07, 6.45) is 3.58. The van der Waals surface area contributed by atoms with Gasteiger partial charge in [-0.3, -0.25) is 14.1 Å². The number of fused-ring (bicyclic) bond motifs is 1. The minimum absolute atomic E-state index is 0.0945. The Morgan fingerprint density at radius 1 is 1.00 bits per heavy atom. The van der Waals surface area contributed by atoms with Gasteiger partial charge in [0, 0.05) is 18.0 Å². The number of aliphatic hydroxyl groups excluding tert-OH is 1. The highest BCUT2D eigenvalue weighted by Crippen LogP contribution is 2.25. The fourth-order valence-corrected chi connectivity index (χ4v) is 3.99. The molecule has 0 aliphatic carbocycles. The molecule has 0 aliphatic rings. The number of nitrogens with one attached hydrogen (secondary N) is 1. The number of ether oxygens (including phenoxy) is 1. The lowest BCUT2D eigenvalue weighted by Crippen LogP contribution is -2.22. The van der Waals surface area contributed by atoms with Crippen LogP contribution in [0.1, 0.15) is 5.56 Å². The highest BCUT2D eigenvalue weighted by Gasteiger charge is 2.18. The molecule has 7 nitrogen and oxygen atoms in total. The second kappa shape index (κ2) is 9.89. The molecule has 2 aromatic heterocycles. The predicted octanol–water partition coefficient (Wildman–Crippen LogP) is 4.81. The van der Waals surface area contributed by atoms with E-state index in [0.29, 0.717) is 28.1 Å². The molecule has 1 atom stereocenters. The fraction of sp³-hybridized carbons (Fsp3) is 0.0714. The van der Waals surface area contributed by atoms with E-state index in [0.717, 1.165) is 5.56 Å². The average molecular weight is 483 g/mol. The lowest BCUT2D eigenvalue weighted by molar-refractivity contribution is 0.253. The van der Waals surface area contributed by atoms with Crippen molar-refractivity contribution in [3.63, 3.8) is 0 Å². The molecule has 0 aliphatic heterocycles. The van der Waals surface area contributed by atoms with E-state index in [-0.39, 0.29) is 12.4 Å². The van der Waals surface area contributed by atoms with Crippen molar-refractivity contribution < 1.29 is 14.2 Å². The van der Waals surface area contributed by atoms with Gasteiger partial charge in [0.15, 0.2) is 11.6 Å². The summed E-state index contributed by atoms with van der Waals surface area (Å²) in [4.78, 5) is 17.8. The smallest absolute Gasteiger partial charge is 0.338 e.